The number of aryl methyl sites for hydroxylation is 1. The number of para-hydroxylation sites is 1. The predicted octanol–water partition coefficient (Wildman–Crippen LogP) is 3.20. The van der Waals surface area contributed by atoms with E-state index < -0.39 is 0 Å². The van der Waals surface area contributed by atoms with Crippen LogP contribution in [-0.2, 0) is 13.0 Å². The summed E-state index contributed by atoms with van der Waals surface area (Å²) < 4.78 is 0. The second-order valence-electron chi connectivity index (χ2n) is 4.66. The zero-order valence-corrected chi connectivity index (χ0v) is 11.4. The minimum absolute atomic E-state index is 0.648. The summed E-state index contributed by atoms with van der Waals surface area (Å²) in [7, 11) is 0. The van der Waals surface area contributed by atoms with Crippen LogP contribution in [0.3, 0.4) is 0 Å². The van der Waals surface area contributed by atoms with Crippen LogP contribution in [-0.4, -0.2) is 15.0 Å². The van der Waals surface area contributed by atoms with Crippen LogP contribution >= 0.6 is 0 Å². The molecule has 0 aliphatic heterocycles. The standard InChI is InChI=1S/C16H16N4/c1-2-12-8-18-16(19-9-12)20-11-13-7-14-5-3-4-6-15(14)17-10-13/h3-10H,2,11H2,1H3,(H,18,19,20). The van der Waals surface area contributed by atoms with Gasteiger partial charge in [-0.05, 0) is 29.7 Å². The van der Waals surface area contributed by atoms with Crippen molar-refractivity contribution in [1.82, 2.24) is 15.0 Å². The third-order valence-corrected chi connectivity index (χ3v) is 3.21. The summed E-state index contributed by atoms with van der Waals surface area (Å²) in [5, 5.41) is 4.36. The molecule has 100 valence electrons. The number of fused-ring (bicyclic) bond motifs is 1. The van der Waals surface area contributed by atoms with E-state index in [0.717, 1.165) is 28.5 Å². The average molecular weight is 264 g/mol. The lowest BCUT2D eigenvalue weighted by Gasteiger charge is -2.06. The first-order valence-corrected chi connectivity index (χ1v) is 6.73. The third kappa shape index (κ3) is 2.74. The Balaban J connectivity index is 1.72. The zero-order chi connectivity index (χ0) is 13.8. The van der Waals surface area contributed by atoms with Crippen molar-refractivity contribution in [2.24, 2.45) is 0 Å². The summed E-state index contributed by atoms with van der Waals surface area (Å²) in [5.41, 5.74) is 3.27. The van der Waals surface area contributed by atoms with Gasteiger partial charge in [0.1, 0.15) is 0 Å². The van der Waals surface area contributed by atoms with E-state index in [2.05, 4.69) is 39.3 Å². The molecule has 0 spiro atoms. The smallest absolute Gasteiger partial charge is 0.222 e. The van der Waals surface area contributed by atoms with Gasteiger partial charge in [0.15, 0.2) is 0 Å². The van der Waals surface area contributed by atoms with Crippen molar-refractivity contribution >= 4 is 16.9 Å². The molecule has 0 unspecified atom stereocenters. The molecular weight excluding hydrogens is 248 g/mol. The summed E-state index contributed by atoms with van der Waals surface area (Å²) in [6.07, 6.45) is 6.55. The lowest BCUT2D eigenvalue weighted by atomic mass is 10.1. The molecular formula is C16H16N4. The van der Waals surface area contributed by atoms with Crippen molar-refractivity contribution in [3.63, 3.8) is 0 Å². The molecule has 4 nitrogen and oxygen atoms in total. The van der Waals surface area contributed by atoms with Crippen LogP contribution in [0.4, 0.5) is 5.95 Å². The van der Waals surface area contributed by atoms with Gasteiger partial charge in [-0.2, -0.15) is 0 Å². The highest BCUT2D eigenvalue weighted by atomic mass is 15.1. The Morgan fingerprint density at radius 2 is 1.70 bits per heavy atom. The molecule has 1 aromatic carbocycles. The predicted molar refractivity (Wildman–Crippen MR) is 80.5 cm³/mol. The van der Waals surface area contributed by atoms with E-state index in [-0.39, 0.29) is 0 Å². The Kier molecular flexibility index (Phi) is 3.54. The number of nitrogens with one attached hydrogen (secondary N) is 1. The van der Waals surface area contributed by atoms with Gasteiger partial charge < -0.3 is 5.32 Å². The highest BCUT2D eigenvalue weighted by Crippen LogP contribution is 2.13. The van der Waals surface area contributed by atoms with E-state index in [4.69, 9.17) is 0 Å². The molecule has 0 fully saturated rings. The van der Waals surface area contributed by atoms with Crippen molar-refractivity contribution in [2.75, 3.05) is 5.32 Å². The molecule has 0 aliphatic carbocycles. The van der Waals surface area contributed by atoms with E-state index in [9.17, 15) is 0 Å². The Morgan fingerprint density at radius 1 is 0.950 bits per heavy atom. The SMILES string of the molecule is CCc1cnc(NCc2cnc3ccccc3c2)nc1. The van der Waals surface area contributed by atoms with Gasteiger partial charge in [-0.3, -0.25) is 4.98 Å². The van der Waals surface area contributed by atoms with E-state index in [1.807, 2.05) is 36.8 Å². The number of hydrogen-bond donors (Lipinski definition) is 1. The number of rotatable bonds is 4. The fraction of sp³-hybridized carbons (Fsp3) is 0.188. The third-order valence-electron chi connectivity index (χ3n) is 3.21. The van der Waals surface area contributed by atoms with Gasteiger partial charge in [0, 0.05) is 30.5 Å². The van der Waals surface area contributed by atoms with Gasteiger partial charge in [-0.1, -0.05) is 25.1 Å². The van der Waals surface area contributed by atoms with Gasteiger partial charge >= 0.3 is 0 Å². The van der Waals surface area contributed by atoms with Crippen LogP contribution in [0, 0.1) is 0 Å². The lowest BCUT2D eigenvalue weighted by molar-refractivity contribution is 1.01. The monoisotopic (exact) mass is 264 g/mol. The number of nitrogens with zero attached hydrogens (tertiary/aromatic N) is 3. The molecule has 0 radical (unpaired) electrons. The van der Waals surface area contributed by atoms with Crippen LogP contribution in [0.15, 0.2) is 48.9 Å². The molecule has 0 amide bonds. The van der Waals surface area contributed by atoms with E-state index in [1.54, 1.807) is 0 Å². The minimum Gasteiger partial charge on any atom is -0.350 e. The Hall–Kier alpha value is -2.49. The van der Waals surface area contributed by atoms with Gasteiger partial charge in [0.05, 0.1) is 5.52 Å². The van der Waals surface area contributed by atoms with Gasteiger partial charge in [-0.15, -0.1) is 0 Å². The largest absolute Gasteiger partial charge is 0.350 e. The summed E-state index contributed by atoms with van der Waals surface area (Å²) in [6.45, 7) is 2.76. The highest BCUT2D eigenvalue weighted by Gasteiger charge is 1.99. The van der Waals surface area contributed by atoms with Crippen molar-refractivity contribution in [3.8, 4) is 0 Å². The maximum absolute atomic E-state index is 4.44. The summed E-state index contributed by atoms with van der Waals surface area (Å²) in [4.78, 5) is 13.0. The first-order chi connectivity index (χ1) is 9.85. The van der Waals surface area contributed by atoms with E-state index in [0.29, 0.717) is 12.5 Å². The molecule has 2 aromatic heterocycles. The molecule has 3 rings (SSSR count). The molecule has 0 aliphatic rings. The minimum atomic E-state index is 0.648. The van der Waals surface area contributed by atoms with Crippen molar-refractivity contribution in [2.45, 2.75) is 19.9 Å². The van der Waals surface area contributed by atoms with Crippen LogP contribution in [0.2, 0.25) is 0 Å². The molecule has 20 heavy (non-hydrogen) atoms. The molecule has 3 aromatic rings. The maximum Gasteiger partial charge on any atom is 0.222 e. The van der Waals surface area contributed by atoms with Crippen molar-refractivity contribution < 1.29 is 0 Å². The topological polar surface area (TPSA) is 50.7 Å². The second kappa shape index (κ2) is 5.65. The summed E-state index contributed by atoms with van der Waals surface area (Å²) in [5.74, 6) is 0.648. The molecule has 2 heterocycles. The Bertz CT molecular complexity index is 707. The maximum atomic E-state index is 4.44. The normalized spacial score (nSPS) is 10.7. The van der Waals surface area contributed by atoms with Crippen LogP contribution in [0.1, 0.15) is 18.1 Å². The highest BCUT2D eigenvalue weighted by molar-refractivity contribution is 5.78. The van der Waals surface area contributed by atoms with E-state index in [1.165, 1.54) is 0 Å². The van der Waals surface area contributed by atoms with Crippen molar-refractivity contribution in [3.05, 3.63) is 60.0 Å². The average Bonchev–Trinajstić information content (AvgIpc) is 2.53. The molecule has 1 N–H and O–H groups in total. The Morgan fingerprint density at radius 3 is 2.50 bits per heavy atom. The molecule has 4 heteroatoms. The van der Waals surface area contributed by atoms with Gasteiger partial charge in [-0.25, -0.2) is 9.97 Å². The zero-order valence-electron chi connectivity index (χ0n) is 11.4. The number of anilines is 1. The molecule has 0 atom stereocenters. The first kappa shape index (κ1) is 12.5. The first-order valence-electron chi connectivity index (χ1n) is 6.73. The van der Waals surface area contributed by atoms with E-state index >= 15 is 0 Å². The van der Waals surface area contributed by atoms with Gasteiger partial charge in [0.25, 0.3) is 0 Å². The second-order valence-corrected chi connectivity index (χ2v) is 4.66. The number of pyridine rings is 1. The number of hydrogen-bond acceptors (Lipinski definition) is 4. The lowest BCUT2D eigenvalue weighted by Crippen LogP contribution is -2.04. The quantitative estimate of drug-likeness (QED) is 0.786. The number of benzene rings is 1. The summed E-state index contributed by atoms with van der Waals surface area (Å²) >= 11 is 0. The molecule has 0 saturated heterocycles. The van der Waals surface area contributed by atoms with Crippen LogP contribution in [0.25, 0.3) is 10.9 Å². The van der Waals surface area contributed by atoms with Crippen LogP contribution in [0.5, 0.6) is 0 Å². The van der Waals surface area contributed by atoms with Gasteiger partial charge in [0.2, 0.25) is 5.95 Å². The molecule has 0 saturated carbocycles. The van der Waals surface area contributed by atoms with Crippen molar-refractivity contribution in [1.29, 1.82) is 0 Å². The van der Waals surface area contributed by atoms with Crippen LogP contribution < -0.4 is 5.32 Å². The molecule has 0 bridgehead atoms. The fourth-order valence-electron chi connectivity index (χ4n) is 2.02. The Labute approximate surface area is 117 Å². The number of aromatic nitrogens is 3. The summed E-state index contributed by atoms with van der Waals surface area (Å²) in [6, 6.07) is 10.2. The fourth-order valence-corrected chi connectivity index (χ4v) is 2.02.